The summed E-state index contributed by atoms with van der Waals surface area (Å²) < 4.78 is 5.63. The van der Waals surface area contributed by atoms with E-state index in [-0.39, 0.29) is 16.2 Å². The van der Waals surface area contributed by atoms with E-state index in [0.29, 0.717) is 5.69 Å². The highest BCUT2D eigenvalue weighted by molar-refractivity contribution is 7.81. The zero-order valence-corrected chi connectivity index (χ0v) is 20.7. The molecule has 0 heterocycles. The molecule has 0 spiro atoms. The summed E-state index contributed by atoms with van der Waals surface area (Å²) in [5, 5.41) is 2.81. The molecule has 5 nitrogen and oxygen atoms in total. The fraction of sp³-hybridized carbons (Fsp3) is 0.478. The van der Waals surface area contributed by atoms with Gasteiger partial charge in [0.15, 0.2) is 0 Å². The van der Waals surface area contributed by atoms with Crippen LogP contribution in [-0.4, -0.2) is 48.6 Å². The maximum Gasteiger partial charge on any atom is 0.331 e. The maximum absolute atomic E-state index is 12.6. The molecule has 30 heavy (non-hydrogen) atoms. The molecular formula is C23H36BN2O3S. The Hall–Kier alpha value is -1.99. The molecule has 1 radical (unpaired) electrons. The summed E-state index contributed by atoms with van der Waals surface area (Å²) in [6.07, 6.45) is 2.83. The largest absolute Gasteiger partial charge is 0.428 e. The number of allylic oxidation sites excluding steroid dienone is 2. The number of carbonyl (C=O) groups is 2. The summed E-state index contributed by atoms with van der Waals surface area (Å²) in [7, 11) is 4.86. The predicted molar refractivity (Wildman–Crippen MR) is 132 cm³/mol. The quantitative estimate of drug-likeness (QED) is 0.164. The number of nitrogens with one attached hydrogen (secondary N) is 1. The van der Waals surface area contributed by atoms with E-state index in [9.17, 15) is 9.59 Å². The molecule has 0 aliphatic carbocycles. The van der Waals surface area contributed by atoms with Crippen LogP contribution in [0.1, 0.15) is 47.1 Å². The Kier molecular flexibility index (Phi) is 11.2. The van der Waals surface area contributed by atoms with E-state index < -0.39 is 11.5 Å². The molecule has 0 saturated heterocycles. The van der Waals surface area contributed by atoms with E-state index in [0.717, 1.165) is 11.0 Å². The number of likely N-dealkylation sites (N-methyl/N-ethyl adjacent to an activating group) is 1. The maximum atomic E-state index is 12.6. The molecule has 1 rings (SSSR count). The minimum absolute atomic E-state index is 0.0167. The van der Waals surface area contributed by atoms with E-state index in [4.69, 9.17) is 4.65 Å². The van der Waals surface area contributed by atoms with Gasteiger partial charge in [0, 0.05) is 24.5 Å². The number of nitrogens with zero attached hydrogens (tertiary/aromatic N) is 1. The minimum Gasteiger partial charge on any atom is -0.428 e. The topological polar surface area (TPSA) is 58.6 Å². The molecule has 0 bridgehead atoms. The number of thiol groups is 1. The van der Waals surface area contributed by atoms with Crippen LogP contribution >= 0.6 is 12.6 Å². The summed E-state index contributed by atoms with van der Waals surface area (Å²) in [6.45, 7) is 17.4. The Morgan fingerprint density at radius 1 is 1.20 bits per heavy atom. The second kappa shape index (κ2) is 12.0. The molecule has 7 heteroatoms. The Balaban J connectivity index is 0.00000407. The van der Waals surface area contributed by atoms with Gasteiger partial charge in [0.05, 0.1) is 5.60 Å². The Labute approximate surface area is 188 Å². The molecule has 0 fully saturated rings. The summed E-state index contributed by atoms with van der Waals surface area (Å²) in [5.41, 5.74) is 1.78. The third kappa shape index (κ3) is 7.69. The highest BCUT2D eigenvalue weighted by Crippen LogP contribution is 2.30. The van der Waals surface area contributed by atoms with Crippen molar-refractivity contribution in [2.75, 3.05) is 19.4 Å². The first-order valence-electron chi connectivity index (χ1n) is 10.0. The fourth-order valence-corrected chi connectivity index (χ4v) is 2.12. The monoisotopic (exact) mass is 431 g/mol. The third-order valence-electron chi connectivity index (χ3n) is 4.74. The lowest BCUT2D eigenvalue weighted by Gasteiger charge is -2.38. The molecule has 0 aromatic heterocycles. The SMILES string of the molecule is C=C/C=C(/C(=O)Nc1cccc([B]OC(C)(C)C(C)(C)S)c1C)C(=O)N(C)C.CC. The van der Waals surface area contributed by atoms with Crippen molar-refractivity contribution in [2.24, 2.45) is 0 Å². The molecule has 165 valence electrons. The van der Waals surface area contributed by atoms with Crippen molar-refractivity contribution in [2.45, 2.75) is 58.8 Å². The molecule has 0 saturated carbocycles. The van der Waals surface area contributed by atoms with Gasteiger partial charge < -0.3 is 14.9 Å². The number of benzene rings is 1. The zero-order valence-electron chi connectivity index (χ0n) is 19.8. The summed E-state index contributed by atoms with van der Waals surface area (Å²) >= 11 is 4.60. The highest BCUT2D eigenvalue weighted by atomic mass is 32.1. The van der Waals surface area contributed by atoms with Crippen LogP contribution in [0.5, 0.6) is 0 Å². The lowest BCUT2D eigenvalue weighted by Crippen LogP contribution is -2.46. The van der Waals surface area contributed by atoms with Gasteiger partial charge in [0.2, 0.25) is 0 Å². The van der Waals surface area contributed by atoms with Crippen molar-refractivity contribution in [1.82, 2.24) is 4.90 Å². The van der Waals surface area contributed by atoms with Crippen molar-refractivity contribution in [1.29, 1.82) is 0 Å². The van der Waals surface area contributed by atoms with Crippen LogP contribution in [0.2, 0.25) is 0 Å². The molecule has 1 aromatic carbocycles. The second-order valence-corrected chi connectivity index (χ2v) is 8.91. The van der Waals surface area contributed by atoms with E-state index in [2.05, 4.69) is 24.5 Å². The smallest absolute Gasteiger partial charge is 0.331 e. The van der Waals surface area contributed by atoms with Crippen LogP contribution in [0.3, 0.4) is 0 Å². The molecule has 0 aliphatic heterocycles. The van der Waals surface area contributed by atoms with Gasteiger partial charge in [0.1, 0.15) is 5.57 Å². The van der Waals surface area contributed by atoms with E-state index in [1.165, 1.54) is 17.1 Å². The summed E-state index contributed by atoms with van der Waals surface area (Å²) in [4.78, 5) is 26.2. The van der Waals surface area contributed by atoms with Crippen molar-refractivity contribution in [3.8, 4) is 0 Å². The van der Waals surface area contributed by atoms with Gasteiger partial charge in [-0.2, -0.15) is 12.6 Å². The van der Waals surface area contributed by atoms with Gasteiger partial charge in [-0.3, -0.25) is 9.59 Å². The Morgan fingerprint density at radius 2 is 1.77 bits per heavy atom. The molecule has 0 unspecified atom stereocenters. The van der Waals surface area contributed by atoms with Gasteiger partial charge >= 0.3 is 7.48 Å². The van der Waals surface area contributed by atoms with Crippen molar-refractivity contribution < 1.29 is 14.2 Å². The van der Waals surface area contributed by atoms with Gasteiger partial charge in [-0.1, -0.05) is 38.6 Å². The average Bonchev–Trinajstić information content (AvgIpc) is 2.66. The lowest BCUT2D eigenvalue weighted by molar-refractivity contribution is -0.127. The number of carbonyl (C=O) groups excluding carboxylic acids is 2. The van der Waals surface area contributed by atoms with Crippen molar-refractivity contribution in [3.05, 3.63) is 48.1 Å². The van der Waals surface area contributed by atoms with Crippen molar-refractivity contribution >= 4 is 43.1 Å². The minimum atomic E-state index is -0.500. The van der Waals surface area contributed by atoms with Gasteiger partial charge in [-0.15, -0.1) is 0 Å². The molecule has 0 atom stereocenters. The third-order valence-corrected chi connectivity index (χ3v) is 5.28. The summed E-state index contributed by atoms with van der Waals surface area (Å²) in [5.74, 6) is -0.879. The predicted octanol–water partition coefficient (Wildman–Crippen LogP) is 3.91. The molecule has 2 amide bonds. The summed E-state index contributed by atoms with van der Waals surface area (Å²) in [6, 6.07) is 5.50. The van der Waals surface area contributed by atoms with Gasteiger partial charge in [-0.05, 0) is 57.8 Å². The number of amides is 2. The number of hydrogen-bond acceptors (Lipinski definition) is 4. The van der Waals surface area contributed by atoms with E-state index in [1.54, 1.807) is 27.6 Å². The van der Waals surface area contributed by atoms with Gasteiger partial charge in [-0.25, -0.2) is 0 Å². The van der Waals surface area contributed by atoms with Crippen LogP contribution in [0.4, 0.5) is 5.69 Å². The number of rotatable bonds is 8. The lowest BCUT2D eigenvalue weighted by atomic mass is 9.81. The molecule has 1 N–H and O–H groups in total. The first-order chi connectivity index (χ1) is 13.8. The van der Waals surface area contributed by atoms with Crippen LogP contribution in [-0.2, 0) is 14.2 Å². The van der Waals surface area contributed by atoms with Crippen LogP contribution in [0.25, 0.3) is 0 Å². The normalized spacial score (nSPS) is 11.7. The number of anilines is 1. The standard InChI is InChI=1S/C21H30BN2O3S.C2H6/c1-9-11-15(19(26)24(7)8)18(25)23-17-13-10-12-16(14(17)2)22-27-20(3,4)21(5,6)28;1-2/h9-13,28H,1H2,2-8H3,(H,23,25);1-2H3/b15-11-;. The van der Waals surface area contributed by atoms with E-state index >= 15 is 0 Å². The molecular weight excluding hydrogens is 395 g/mol. The van der Waals surface area contributed by atoms with Crippen LogP contribution in [0.15, 0.2) is 42.5 Å². The second-order valence-electron chi connectivity index (χ2n) is 7.79. The number of hydrogen-bond donors (Lipinski definition) is 2. The first kappa shape index (κ1) is 28.0. The zero-order chi connectivity index (χ0) is 23.7. The highest BCUT2D eigenvalue weighted by Gasteiger charge is 2.34. The molecule has 1 aromatic rings. The van der Waals surface area contributed by atoms with Gasteiger partial charge in [0.25, 0.3) is 11.8 Å². The van der Waals surface area contributed by atoms with Crippen molar-refractivity contribution in [3.63, 3.8) is 0 Å². The molecule has 0 aliphatic rings. The fourth-order valence-electron chi connectivity index (χ4n) is 2.06. The average molecular weight is 431 g/mol. The van der Waals surface area contributed by atoms with Crippen LogP contribution < -0.4 is 10.8 Å². The Bertz CT molecular complexity index is 781. The van der Waals surface area contributed by atoms with E-state index in [1.807, 2.05) is 60.6 Å². The Morgan fingerprint density at radius 3 is 2.23 bits per heavy atom. The van der Waals surface area contributed by atoms with Crippen LogP contribution in [0, 0.1) is 6.92 Å². The first-order valence-corrected chi connectivity index (χ1v) is 10.4.